The van der Waals surface area contributed by atoms with Gasteiger partial charge in [-0.25, -0.2) is 4.98 Å². The Balaban J connectivity index is 2.14. The number of nitrogens with zero attached hydrogens (tertiary/aromatic N) is 1. The first kappa shape index (κ1) is 16.3. The van der Waals surface area contributed by atoms with Gasteiger partial charge in [0.25, 0.3) is 0 Å². The van der Waals surface area contributed by atoms with Gasteiger partial charge in [-0.05, 0) is 35.9 Å². The lowest BCUT2D eigenvalue weighted by Gasteiger charge is -2.13. The molecule has 2 aromatic carbocycles. The molecule has 0 bridgehead atoms. The molecule has 0 atom stereocenters. The van der Waals surface area contributed by atoms with Crippen molar-refractivity contribution < 1.29 is 9.90 Å². The van der Waals surface area contributed by atoms with E-state index < -0.39 is 0 Å². The number of aromatic hydroxyl groups is 1. The van der Waals surface area contributed by atoms with Gasteiger partial charge in [0.2, 0.25) is 5.91 Å². The van der Waals surface area contributed by atoms with E-state index in [0.717, 1.165) is 5.56 Å². The number of aromatic nitrogens is 1. The number of benzene rings is 2. The number of rotatable bonds is 3. The predicted molar refractivity (Wildman–Crippen MR) is 99.9 cm³/mol. The summed E-state index contributed by atoms with van der Waals surface area (Å²) in [5.41, 5.74) is 15.6. The second-order valence-corrected chi connectivity index (χ2v) is 5.63. The Kier molecular flexibility index (Phi) is 4.26. The van der Waals surface area contributed by atoms with E-state index in [0.29, 0.717) is 28.2 Å². The fourth-order valence-electron chi connectivity index (χ4n) is 2.61. The highest BCUT2D eigenvalue weighted by atomic mass is 16.3. The van der Waals surface area contributed by atoms with Gasteiger partial charge in [0, 0.05) is 23.7 Å². The van der Waals surface area contributed by atoms with E-state index in [1.807, 2.05) is 12.1 Å². The van der Waals surface area contributed by atoms with Crippen molar-refractivity contribution in [2.75, 3.05) is 16.8 Å². The van der Waals surface area contributed by atoms with E-state index in [-0.39, 0.29) is 17.5 Å². The van der Waals surface area contributed by atoms with E-state index in [2.05, 4.69) is 10.3 Å². The topological polar surface area (TPSA) is 114 Å². The number of nitrogen functional groups attached to an aromatic ring is 2. The Morgan fingerprint density at radius 3 is 2.52 bits per heavy atom. The van der Waals surface area contributed by atoms with Crippen molar-refractivity contribution >= 4 is 23.1 Å². The highest BCUT2D eigenvalue weighted by molar-refractivity contribution is 5.91. The normalized spacial score (nSPS) is 10.4. The zero-order chi connectivity index (χ0) is 18.0. The van der Waals surface area contributed by atoms with Gasteiger partial charge in [-0.2, -0.15) is 0 Å². The summed E-state index contributed by atoms with van der Waals surface area (Å²) >= 11 is 0. The summed E-state index contributed by atoms with van der Waals surface area (Å²) < 4.78 is 0. The summed E-state index contributed by atoms with van der Waals surface area (Å²) in [6, 6.07) is 15.9. The van der Waals surface area contributed by atoms with Crippen molar-refractivity contribution in [3.05, 3.63) is 54.6 Å². The molecule has 0 radical (unpaired) electrons. The number of hydrogen-bond acceptors (Lipinski definition) is 5. The molecule has 3 rings (SSSR count). The molecule has 0 aliphatic carbocycles. The summed E-state index contributed by atoms with van der Waals surface area (Å²) in [7, 11) is 0. The minimum atomic E-state index is -0.158. The van der Waals surface area contributed by atoms with Crippen LogP contribution in [0.2, 0.25) is 0 Å². The molecule has 0 aliphatic rings. The Morgan fingerprint density at radius 2 is 1.80 bits per heavy atom. The number of carbonyl (C=O) groups is 1. The van der Waals surface area contributed by atoms with Gasteiger partial charge in [-0.1, -0.05) is 24.3 Å². The van der Waals surface area contributed by atoms with Crippen molar-refractivity contribution in [2.24, 2.45) is 0 Å². The smallest absolute Gasteiger partial charge is 0.221 e. The van der Waals surface area contributed by atoms with Crippen LogP contribution in [0.15, 0.2) is 54.6 Å². The second kappa shape index (κ2) is 6.52. The number of carbonyl (C=O) groups excluding carboxylic acids is 1. The number of phenols is 1. The van der Waals surface area contributed by atoms with Crippen LogP contribution < -0.4 is 16.8 Å². The highest BCUT2D eigenvalue weighted by Gasteiger charge is 2.13. The zero-order valence-corrected chi connectivity index (χ0v) is 13.7. The lowest BCUT2D eigenvalue weighted by molar-refractivity contribution is -0.114. The van der Waals surface area contributed by atoms with Crippen LogP contribution in [0.3, 0.4) is 0 Å². The Hall–Kier alpha value is -3.54. The third-order valence-corrected chi connectivity index (χ3v) is 3.76. The van der Waals surface area contributed by atoms with Crippen LogP contribution in [0.25, 0.3) is 22.4 Å². The number of para-hydroxylation sites is 1. The van der Waals surface area contributed by atoms with Crippen LogP contribution in [0.5, 0.6) is 5.75 Å². The first-order valence-electron chi connectivity index (χ1n) is 7.68. The number of hydrogen-bond donors (Lipinski definition) is 4. The van der Waals surface area contributed by atoms with Crippen molar-refractivity contribution in [1.29, 1.82) is 0 Å². The molecule has 0 saturated heterocycles. The Bertz CT molecular complexity index is 954. The number of nitrogens with one attached hydrogen (secondary N) is 1. The summed E-state index contributed by atoms with van der Waals surface area (Å²) in [5, 5.41) is 12.8. The molecule has 1 aromatic heterocycles. The third-order valence-electron chi connectivity index (χ3n) is 3.76. The van der Waals surface area contributed by atoms with E-state index >= 15 is 0 Å². The molecule has 25 heavy (non-hydrogen) atoms. The summed E-state index contributed by atoms with van der Waals surface area (Å²) in [5.74, 6) is 0.132. The molecule has 3 aromatic rings. The van der Waals surface area contributed by atoms with Gasteiger partial charge in [0.15, 0.2) is 0 Å². The van der Waals surface area contributed by atoms with Gasteiger partial charge in [-0.15, -0.1) is 0 Å². The lowest BCUT2D eigenvalue weighted by Crippen LogP contribution is -2.06. The van der Waals surface area contributed by atoms with E-state index in [1.165, 1.54) is 6.92 Å². The zero-order valence-electron chi connectivity index (χ0n) is 13.7. The molecule has 0 aliphatic heterocycles. The van der Waals surface area contributed by atoms with E-state index in [1.54, 1.807) is 42.5 Å². The van der Waals surface area contributed by atoms with Crippen molar-refractivity contribution in [2.45, 2.75) is 6.92 Å². The molecule has 0 unspecified atom stereocenters. The fourth-order valence-corrected chi connectivity index (χ4v) is 2.61. The van der Waals surface area contributed by atoms with Crippen molar-refractivity contribution in [3.8, 4) is 28.1 Å². The standard InChI is InChI=1S/C19H18N4O2/c1-11(24)22-13-6-4-5-12(9-13)15-10-16(23-19(21)18(15)20)14-7-2-3-8-17(14)25/h2-10,25H,20H2,1H3,(H2,21,23)(H,22,24). The first-order valence-corrected chi connectivity index (χ1v) is 7.68. The Labute approximate surface area is 145 Å². The van der Waals surface area contributed by atoms with Gasteiger partial charge in [-0.3, -0.25) is 4.79 Å². The van der Waals surface area contributed by atoms with Crippen LogP contribution >= 0.6 is 0 Å². The van der Waals surface area contributed by atoms with E-state index in [4.69, 9.17) is 11.5 Å². The highest BCUT2D eigenvalue weighted by Crippen LogP contribution is 2.36. The maximum atomic E-state index is 11.3. The molecule has 0 spiro atoms. The molecule has 1 amide bonds. The number of nitrogens with two attached hydrogens (primary N) is 2. The minimum Gasteiger partial charge on any atom is -0.507 e. The van der Waals surface area contributed by atoms with Crippen LogP contribution in [0, 0.1) is 0 Å². The molecule has 1 heterocycles. The summed E-state index contributed by atoms with van der Waals surface area (Å²) in [6.07, 6.45) is 0. The number of anilines is 3. The first-order chi connectivity index (χ1) is 12.0. The molecule has 6 heteroatoms. The second-order valence-electron chi connectivity index (χ2n) is 5.63. The molecule has 6 nitrogen and oxygen atoms in total. The number of phenolic OH excluding ortho intramolecular Hbond substituents is 1. The van der Waals surface area contributed by atoms with Crippen LogP contribution in [0.1, 0.15) is 6.92 Å². The van der Waals surface area contributed by atoms with Crippen molar-refractivity contribution in [3.63, 3.8) is 0 Å². The van der Waals surface area contributed by atoms with Crippen LogP contribution in [-0.4, -0.2) is 16.0 Å². The number of amides is 1. The summed E-state index contributed by atoms with van der Waals surface area (Å²) in [4.78, 5) is 15.5. The fraction of sp³-hybridized carbons (Fsp3) is 0.0526. The monoisotopic (exact) mass is 334 g/mol. The molecule has 6 N–H and O–H groups in total. The van der Waals surface area contributed by atoms with Gasteiger partial charge >= 0.3 is 0 Å². The maximum absolute atomic E-state index is 11.3. The maximum Gasteiger partial charge on any atom is 0.221 e. The molecule has 0 fully saturated rings. The molecule has 126 valence electrons. The quantitative estimate of drug-likeness (QED) is 0.587. The minimum absolute atomic E-state index is 0.108. The van der Waals surface area contributed by atoms with Gasteiger partial charge in [0.05, 0.1) is 11.4 Å². The van der Waals surface area contributed by atoms with E-state index in [9.17, 15) is 9.90 Å². The molecular weight excluding hydrogens is 316 g/mol. The average Bonchev–Trinajstić information content (AvgIpc) is 2.57. The molecular formula is C19H18N4O2. The lowest BCUT2D eigenvalue weighted by atomic mass is 10.0. The average molecular weight is 334 g/mol. The number of pyridine rings is 1. The predicted octanol–water partition coefficient (Wildman–Crippen LogP) is 3.24. The summed E-state index contributed by atoms with van der Waals surface area (Å²) in [6.45, 7) is 1.45. The van der Waals surface area contributed by atoms with Crippen molar-refractivity contribution in [1.82, 2.24) is 4.98 Å². The Morgan fingerprint density at radius 1 is 1.04 bits per heavy atom. The third kappa shape index (κ3) is 3.37. The van der Waals surface area contributed by atoms with Crippen LogP contribution in [-0.2, 0) is 4.79 Å². The van der Waals surface area contributed by atoms with Gasteiger partial charge < -0.3 is 21.9 Å². The van der Waals surface area contributed by atoms with Gasteiger partial charge in [0.1, 0.15) is 11.6 Å². The van der Waals surface area contributed by atoms with Crippen LogP contribution in [0.4, 0.5) is 17.2 Å². The largest absolute Gasteiger partial charge is 0.507 e. The molecule has 0 saturated carbocycles. The SMILES string of the molecule is CC(=O)Nc1cccc(-c2cc(-c3ccccc3O)nc(N)c2N)c1.